The van der Waals surface area contributed by atoms with E-state index in [9.17, 15) is 4.39 Å². The summed E-state index contributed by atoms with van der Waals surface area (Å²) in [6.45, 7) is 6.39. The molecule has 0 aliphatic carbocycles. The quantitative estimate of drug-likeness (QED) is 0.626. The molecule has 0 amide bonds. The van der Waals surface area contributed by atoms with Crippen molar-refractivity contribution in [1.82, 2.24) is 4.98 Å². The Morgan fingerprint density at radius 2 is 1.80 bits per heavy atom. The van der Waals surface area contributed by atoms with Crippen molar-refractivity contribution < 1.29 is 8.81 Å². The van der Waals surface area contributed by atoms with Crippen LogP contribution in [0.3, 0.4) is 0 Å². The number of aromatic nitrogens is 1. The van der Waals surface area contributed by atoms with E-state index in [0.29, 0.717) is 11.5 Å². The van der Waals surface area contributed by atoms with Gasteiger partial charge in [0.15, 0.2) is 5.58 Å². The molecule has 3 heteroatoms. The second-order valence-corrected chi connectivity index (χ2v) is 5.93. The van der Waals surface area contributed by atoms with Crippen LogP contribution in [0.4, 0.5) is 4.39 Å². The Morgan fingerprint density at radius 3 is 2.50 bits per heavy atom. The zero-order valence-electron chi connectivity index (χ0n) is 11.8. The van der Waals surface area contributed by atoms with Gasteiger partial charge in [-0.25, -0.2) is 9.37 Å². The fourth-order valence-corrected chi connectivity index (χ4v) is 2.28. The molecule has 2 nitrogen and oxygen atoms in total. The number of nitrogens with zero attached hydrogens (tertiary/aromatic N) is 1. The zero-order chi connectivity index (χ0) is 14.3. The SMILES string of the molecule is CC(C)(C)c1cccc2nc(-c3cccc(F)c3)oc12. The van der Waals surface area contributed by atoms with E-state index in [1.54, 1.807) is 12.1 Å². The average molecular weight is 269 g/mol. The first kappa shape index (κ1) is 12.9. The van der Waals surface area contributed by atoms with Crippen LogP contribution in [0.2, 0.25) is 0 Å². The molecular weight excluding hydrogens is 253 g/mol. The molecule has 1 heterocycles. The van der Waals surface area contributed by atoms with Gasteiger partial charge in [0.05, 0.1) is 0 Å². The maximum Gasteiger partial charge on any atom is 0.227 e. The Labute approximate surface area is 117 Å². The highest BCUT2D eigenvalue weighted by Gasteiger charge is 2.20. The summed E-state index contributed by atoms with van der Waals surface area (Å²) in [5.74, 6) is 0.164. The number of rotatable bonds is 1. The first-order valence-electron chi connectivity index (χ1n) is 6.61. The maximum absolute atomic E-state index is 13.3. The first-order chi connectivity index (χ1) is 9.45. The third-order valence-corrected chi connectivity index (χ3v) is 3.29. The van der Waals surface area contributed by atoms with Crippen LogP contribution >= 0.6 is 0 Å². The molecule has 0 fully saturated rings. The fraction of sp³-hybridized carbons (Fsp3) is 0.235. The van der Waals surface area contributed by atoms with Crippen LogP contribution in [-0.2, 0) is 5.41 Å². The van der Waals surface area contributed by atoms with E-state index in [1.807, 2.05) is 18.2 Å². The molecule has 102 valence electrons. The Hall–Kier alpha value is -2.16. The van der Waals surface area contributed by atoms with E-state index in [0.717, 1.165) is 16.7 Å². The normalized spacial score (nSPS) is 12.0. The fourth-order valence-electron chi connectivity index (χ4n) is 2.28. The summed E-state index contributed by atoms with van der Waals surface area (Å²) in [5, 5.41) is 0. The predicted octanol–water partition coefficient (Wildman–Crippen LogP) is 4.93. The minimum absolute atomic E-state index is 0.0295. The third-order valence-electron chi connectivity index (χ3n) is 3.29. The minimum Gasteiger partial charge on any atom is -0.436 e. The Kier molecular flexibility index (Phi) is 2.85. The van der Waals surface area contributed by atoms with Gasteiger partial charge in [-0.15, -0.1) is 0 Å². The highest BCUT2D eigenvalue weighted by atomic mass is 19.1. The van der Waals surface area contributed by atoms with Crippen LogP contribution in [0.25, 0.3) is 22.6 Å². The Bertz CT molecular complexity index is 768. The molecule has 0 aliphatic rings. The molecule has 0 atom stereocenters. The van der Waals surface area contributed by atoms with Gasteiger partial charge in [-0.3, -0.25) is 0 Å². The van der Waals surface area contributed by atoms with Gasteiger partial charge in [0.1, 0.15) is 11.3 Å². The van der Waals surface area contributed by atoms with Crippen LogP contribution in [-0.4, -0.2) is 4.98 Å². The number of fused-ring (bicyclic) bond motifs is 1. The van der Waals surface area contributed by atoms with Gasteiger partial charge in [0.25, 0.3) is 0 Å². The predicted molar refractivity (Wildman–Crippen MR) is 78.1 cm³/mol. The maximum atomic E-state index is 13.3. The van der Waals surface area contributed by atoms with E-state index in [4.69, 9.17) is 4.42 Å². The minimum atomic E-state index is -0.291. The van der Waals surface area contributed by atoms with E-state index in [1.165, 1.54) is 12.1 Å². The van der Waals surface area contributed by atoms with Crippen molar-refractivity contribution in [3.05, 3.63) is 53.8 Å². The van der Waals surface area contributed by atoms with Crippen molar-refractivity contribution in [2.24, 2.45) is 0 Å². The van der Waals surface area contributed by atoms with Gasteiger partial charge in [0.2, 0.25) is 5.89 Å². The Balaban J connectivity index is 2.21. The molecule has 0 spiro atoms. The number of hydrogen-bond donors (Lipinski definition) is 0. The summed E-state index contributed by atoms with van der Waals surface area (Å²) >= 11 is 0. The van der Waals surface area contributed by atoms with Crippen molar-refractivity contribution in [1.29, 1.82) is 0 Å². The monoisotopic (exact) mass is 269 g/mol. The molecule has 0 radical (unpaired) electrons. The van der Waals surface area contributed by atoms with Gasteiger partial charge in [-0.05, 0) is 29.7 Å². The largest absolute Gasteiger partial charge is 0.436 e. The van der Waals surface area contributed by atoms with Crippen molar-refractivity contribution in [2.75, 3.05) is 0 Å². The lowest BCUT2D eigenvalue weighted by molar-refractivity contribution is 0.561. The van der Waals surface area contributed by atoms with E-state index in [2.05, 4.69) is 25.8 Å². The highest BCUT2D eigenvalue weighted by molar-refractivity contribution is 5.80. The molecule has 0 saturated carbocycles. The second kappa shape index (κ2) is 4.44. The summed E-state index contributed by atoms with van der Waals surface area (Å²) < 4.78 is 19.2. The van der Waals surface area contributed by atoms with Gasteiger partial charge in [-0.1, -0.05) is 39.0 Å². The second-order valence-electron chi connectivity index (χ2n) is 5.93. The lowest BCUT2D eigenvalue weighted by Crippen LogP contribution is -2.10. The van der Waals surface area contributed by atoms with Crippen molar-refractivity contribution in [2.45, 2.75) is 26.2 Å². The smallest absolute Gasteiger partial charge is 0.227 e. The number of oxazole rings is 1. The number of benzene rings is 2. The van der Waals surface area contributed by atoms with Crippen LogP contribution in [0.5, 0.6) is 0 Å². The number of para-hydroxylation sites is 1. The van der Waals surface area contributed by atoms with Gasteiger partial charge >= 0.3 is 0 Å². The standard InChI is InChI=1S/C17H16FNO/c1-17(2,3)13-8-5-9-14-15(13)20-16(19-14)11-6-4-7-12(18)10-11/h4-10H,1-3H3. The van der Waals surface area contributed by atoms with Crippen molar-refractivity contribution in [3.63, 3.8) is 0 Å². The molecule has 3 rings (SSSR count). The molecule has 2 aromatic carbocycles. The van der Waals surface area contributed by atoms with Crippen molar-refractivity contribution in [3.8, 4) is 11.5 Å². The average Bonchev–Trinajstić information content (AvgIpc) is 2.81. The molecule has 0 N–H and O–H groups in total. The van der Waals surface area contributed by atoms with Crippen LogP contribution < -0.4 is 0 Å². The van der Waals surface area contributed by atoms with Gasteiger partial charge in [-0.2, -0.15) is 0 Å². The molecular formula is C17H16FNO. The van der Waals surface area contributed by atoms with Crippen LogP contribution in [0, 0.1) is 5.82 Å². The summed E-state index contributed by atoms with van der Waals surface area (Å²) in [7, 11) is 0. The summed E-state index contributed by atoms with van der Waals surface area (Å²) in [4.78, 5) is 4.46. The summed E-state index contributed by atoms with van der Waals surface area (Å²) in [5.41, 5.74) is 3.31. The number of halogens is 1. The first-order valence-corrected chi connectivity index (χ1v) is 6.61. The molecule has 20 heavy (non-hydrogen) atoms. The Morgan fingerprint density at radius 1 is 1.05 bits per heavy atom. The summed E-state index contributed by atoms with van der Waals surface area (Å²) in [6.07, 6.45) is 0. The molecule has 0 bridgehead atoms. The number of hydrogen-bond acceptors (Lipinski definition) is 2. The van der Waals surface area contributed by atoms with Gasteiger partial charge < -0.3 is 4.42 Å². The highest BCUT2D eigenvalue weighted by Crippen LogP contribution is 2.33. The third kappa shape index (κ3) is 2.20. The van der Waals surface area contributed by atoms with Crippen molar-refractivity contribution >= 4 is 11.1 Å². The molecule has 3 aromatic rings. The molecule has 0 aliphatic heterocycles. The van der Waals surface area contributed by atoms with Crippen LogP contribution in [0.1, 0.15) is 26.3 Å². The van der Waals surface area contributed by atoms with E-state index in [-0.39, 0.29) is 11.2 Å². The van der Waals surface area contributed by atoms with E-state index < -0.39 is 0 Å². The molecule has 1 aromatic heterocycles. The molecule has 0 unspecified atom stereocenters. The molecule has 0 saturated heterocycles. The van der Waals surface area contributed by atoms with E-state index >= 15 is 0 Å². The topological polar surface area (TPSA) is 26.0 Å². The lowest BCUT2D eigenvalue weighted by atomic mass is 9.86. The lowest BCUT2D eigenvalue weighted by Gasteiger charge is -2.18. The van der Waals surface area contributed by atoms with Crippen LogP contribution in [0.15, 0.2) is 46.9 Å². The van der Waals surface area contributed by atoms with Gasteiger partial charge in [0, 0.05) is 11.1 Å². The summed E-state index contributed by atoms with van der Waals surface area (Å²) in [6, 6.07) is 12.2. The zero-order valence-corrected chi connectivity index (χ0v) is 11.8.